The molecule has 40 heavy (non-hydrogen) atoms. The van der Waals surface area contributed by atoms with Crippen molar-refractivity contribution in [2.75, 3.05) is 32.4 Å². The number of nitrogens with two attached hydrogens (primary N) is 1. The van der Waals surface area contributed by atoms with Gasteiger partial charge in [-0.2, -0.15) is 0 Å². The minimum absolute atomic E-state index is 0.0805. The van der Waals surface area contributed by atoms with Crippen molar-refractivity contribution < 1.29 is 31.9 Å². The molecule has 0 bridgehead atoms. The maximum absolute atomic E-state index is 15.4. The van der Waals surface area contributed by atoms with Crippen LogP contribution in [0, 0.1) is 11.2 Å². The SMILES string of the molecule is CNCCC1(C=O)CCc2[nH]c3ncc(F)c(C4CCN(C(=O)c5ccc(OC(F)(F)F)cc5N)CC4)c3c2C1. The summed E-state index contributed by atoms with van der Waals surface area (Å²) in [5, 5.41) is 3.85. The van der Waals surface area contributed by atoms with Gasteiger partial charge in [0.05, 0.1) is 11.8 Å². The molecule has 1 unspecified atom stereocenters. The second-order valence-corrected chi connectivity index (χ2v) is 10.7. The monoisotopic (exact) mass is 561 g/mol. The number of ether oxygens (including phenoxy) is 1. The molecule has 1 amide bonds. The highest BCUT2D eigenvalue weighted by Gasteiger charge is 2.38. The Morgan fingerprint density at radius 3 is 2.73 bits per heavy atom. The summed E-state index contributed by atoms with van der Waals surface area (Å²) >= 11 is 0. The lowest BCUT2D eigenvalue weighted by Gasteiger charge is -2.34. The van der Waals surface area contributed by atoms with Crippen molar-refractivity contribution in [3.05, 3.63) is 52.6 Å². The number of halogens is 4. The van der Waals surface area contributed by atoms with Crippen LogP contribution in [-0.2, 0) is 17.6 Å². The number of aromatic amines is 1. The average Bonchev–Trinajstić information content (AvgIpc) is 3.28. The lowest BCUT2D eigenvalue weighted by Crippen LogP contribution is -2.38. The molecule has 2 aliphatic rings. The highest BCUT2D eigenvalue weighted by atomic mass is 19.4. The van der Waals surface area contributed by atoms with Gasteiger partial charge in [0.1, 0.15) is 23.5 Å². The van der Waals surface area contributed by atoms with Crippen LogP contribution in [0.15, 0.2) is 24.4 Å². The molecule has 1 saturated heterocycles. The van der Waals surface area contributed by atoms with Gasteiger partial charge in [0, 0.05) is 46.9 Å². The van der Waals surface area contributed by atoms with E-state index in [2.05, 4.69) is 20.0 Å². The zero-order chi connectivity index (χ0) is 28.7. The van der Waals surface area contributed by atoms with E-state index in [1.807, 2.05) is 7.05 Å². The Hall–Kier alpha value is -3.67. The van der Waals surface area contributed by atoms with Crippen molar-refractivity contribution in [3.8, 4) is 5.75 Å². The van der Waals surface area contributed by atoms with Crippen LogP contribution in [0.2, 0.25) is 0 Å². The quantitative estimate of drug-likeness (QED) is 0.223. The molecule has 12 heteroatoms. The van der Waals surface area contributed by atoms with E-state index in [0.29, 0.717) is 69.4 Å². The number of alkyl halides is 3. The number of nitrogen functional groups attached to an aromatic ring is 1. The summed E-state index contributed by atoms with van der Waals surface area (Å²) in [5.74, 6) is -1.51. The summed E-state index contributed by atoms with van der Waals surface area (Å²) in [4.78, 5) is 34.6. The van der Waals surface area contributed by atoms with E-state index < -0.39 is 29.3 Å². The van der Waals surface area contributed by atoms with Gasteiger partial charge >= 0.3 is 6.36 Å². The molecule has 4 N–H and O–H groups in total. The van der Waals surface area contributed by atoms with Crippen molar-refractivity contribution in [2.24, 2.45) is 5.41 Å². The van der Waals surface area contributed by atoms with E-state index in [-0.39, 0.29) is 17.2 Å². The topological polar surface area (TPSA) is 113 Å². The predicted molar refractivity (Wildman–Crippen MR) is 141 cm³/mol. The van der Waals surface area contributed by atoms with Crippen LogP contribution in [0.3, 0.4) is 0 Å². The fourth-order valence-corrected chi connectivity index (χ4v) is 6.11. The third kappa shape index (κ3) is 5.36. The summed E-state index contributed by atoms with van der Waals surface area (Å²) in [7, 11) is 1.85. The molecular weight excluding hydrogens is 530 g/mol. The molecule has 3 aromatic rings. The minimum atomic E-state index is -4.87. The van der Waals surface area contributed by atoms with Crippen molar-refractivity contribution in [3.63, 3.8) is 0 Å². The fourth-order valence-electron chi connectivity index (χ4n) is 6.11. The van der Waals surface area contributed by atoms with Gasteiger partial charge in [-0.3, -0.25) is 4.79 Å². The summed E-state index contributed by atoms with van der Waals surface area (Å²) in [6.07, 6.45) is 0.935. The molecule has 0 spiro atoms. The third-order valence-electron chi connectivity index (χ3n) is 8.21. The number of likely N-dealkylation sites (tertiary alicyclic amines) is 1. The number of aryl methyl sites for hydroxylation is 1. The number of carbonyl (C=O) groups is 2. The molecule has 8 nitrogen and oxygen atoms in total. The van der Waals surface area contributed by atoms with Crippen molar-refractivity contribution in [1.82, 2.24) is 20.2 Å². The lowest BCUT2D eigenvalue weighted by atomic mass is 9.71. The Balaban J connectivity index is 1.36. The van der Waals surface area contributed by atoms with Gasteiger partial charge in [-0.1, -0.05) is 0 Å². The first-order valence-electron chi connectivity index (χ1n) is 13.3. The molecule has 1 fully saturated rings. The number of nitrogens with zero attached hydrogens (tertiary/aromatic N) is 2. The van der Waals surface area contributed by atoms with Gasteiger partial charge in [-0.05, 0) is 75.7 Å². The van der Waals surface area contributed by atoms with Crippen LogP contribution in [-0.4, -0.2) is 60.1 Å². The van der Waals surface area contributed by atoms with Crippen molar-refractivity contribution >= 4 is 28.9 Å². The van der Waals surface area contributed by atoms with Crippen LogP contribution in [0.5, 0.6) is 5.75 Å². The number of hydrogen-bond donors (Lipinski definition) is 3. The summed E-state index contributed by atoms with van der Waals surface area (Å²) in [5.41, 5.74) is 8.40. The Morgan fingerprint density at radius 1 is 1.32 bits per heavy atom. The number of hydrogen-bond acceptors (Lipinski definition) is 6. The second kappa shape index (κ2) is 10.7. The highest BCUT2D eigenvalue weighted by Crippen LogP contribution is 2.43. The smallest absolute Gasteiger partial charge is 0.406 e. The highest BCUT2D eigenvalue weighted by molar-refractivity contribution is 5.99. The zero-order valence-electron chi connectivity index (χ0n) is 22.0. The fraction of sp³-hybridized carbons (Fsp3) is 0.464. The van der Waals surface area contributed by atoms with Gasteiger partial charge in [0.15, 0.2) is 0 Å². The Bertz CT molecular complexity index is 1430. The Kier molecular flexibility index (Phi) is 7.47. The number of aromatic nitrogens is 2. The lowest BCUT2D eigenvalue weighted by molar-refractivity contribution is -0.274. The summed E-state index contributed by atoms with van der Waals surface area (Å²) in [6.45, 7) is 1.34. The summed E-state index contributed by atoms with van der Waals surface area (Å²) in [6, 6.07) is 3.25. The predicted octanol–water partition coefficient (Wildman–Crippen LogP) is 4.49. The van der Waals surface area contributed by atoms with Crippen LogP contribution in [0.1, 0.15) is 58.8 Å². The molecule has 2 aromatic heterocycles. The van der Waals surface area contributed by atoms with Crippen LogP contribution in [0.4, 0.5) is 23.2 Å². The average molecular weight is 562 g/mol. The molecule has 214 valence electrons. The minimum Gasteiger partial charge on any atom is -0.406 e. The van der Waals surface area contributed by atoms with Gasteiger partial charge in [0.2, 0.25) is 0 Å². The number of H-pyrrole nitrogens is 1. The van der Waals surface area contributed by atoms with Gasteiger partial charge < -0.3 is 30.5 Å². The van der Waals surface area contributed by atoms with Gasteiger partial charge in [-0.15, -0.1) is 13.2 Å². The normalized spacial score (nSPS) is 20.0. The first kappa shape index (κ1) is 27.9. The van der Waals surface area contributed by atoms with Gasteiger partial charge in [0.25, 0.3) is 5.91 Å². The standard InChI is InChI=1S/C28H31F4N5O3/c1-34-9-8-27(15-38)7-4-22-19(13-27)24-23(20(29)14-35-25(24)36-22)16-5-10-37(11-6-16)26(39)18-3-2-17(12-21(18)33)40-28(30,31)32/h2-3,12,14-16,34H,4-11,13,33H2,1H3,(H,35,36). The molecule has 1 aromatic carbocycles. The van der Waals surface area contributed by atoms with Crippen LogP contribution >= 0.6 is 0 Å². The number of pyridine rings is 1. The first-order valence-corrected chi connectivity index (χ1v) is 13.3. The number of rotatable bonds is 7. The van der Waals surface area contributed by atoms with Gasteiger partial charge in [-0.25, -0.2) is 9.37 Å². The van der Waals surface area contributed by atoms with E-state index in [0.717, 1.165) is 35.1 Å². The number of piperidine rings is 1. The maximum Gasteiger partial charge on any atom is 0.573 e. The van der Waals surface area contributed by atoms with E-state index in [4.69, 9.17) is 5.73 Å². The number of anilines is 1. The van der Waals surface area contributed by atoms with Crippen molar-refractivity contribution in [1.29, 1.82) is 0 Å². The van der Waals surface area contributed by atoms with Crippen molar-refractivity contribution in [2.45, 2.75) is 50.8 Å². The van der Waals surface area contributed by atoms with Crippen LogP contribution < -0.4 is 15.8 Å². The number of benzene rings is 1. The number of amides is 1. The molecule has 0 radical (unpaired) electrons. The van der Waals surface area contributed by atoms with E-state index in [1.54, 1.807) is 4.90 Å². The zero-order valence-corrected chi connectivity index (χ0v) is 22.0. The first-order chi connectivity index (χ1) is 19.0. The molecule has 1 atom stereocenters. The molecule has 1 aliphatic heterocycles. The molecule has 0 saturated carbocycles. The molecular formula is C28H31F4N5O3. The number of carbonyl (C=O) groups excluding carboxylic acids is 2. The maximum atomic E-state index is 15.4. The second-order valence-electron chi connectivity index (χ2n) is 10.7. The summed E-state index contributed by atoms with van der Waals surface area (Å²) < 4.78 is 56.8. The Labute approximate surface area is 228 Å². The van der Waals surface area contributed by atoms with E-state index in [9.17, 15) is 22.8 Å². The number of fused-ring (bicyclic) bond motifs is 3. The largest absolute Gasteiger partial charge is 0.573 e. The molecule has 5 rings (SSSR count). The number of nitrogens with one attached hydrogen (secondary N) is 2. The molecule has 3 heterocycles. The van der Waals surface area contributed by atoms with E-state index in [1.165, 1.54) is 12.3 Å². The van der Waals surface area contributed by atoms with E-state index >= 15 is 4.39 Å². The molecule has 1 aliphatic carbocycles. The third-order valence-corrected chi connectivity index (χ3v) is 8.21. The number of aldehydes is 1. The van der Waals surface area contributed by atoms with Crippen LogP contribution in [0.25, 0.3) is 11.0 Å². The Morgan fingerprint density at radius 2 is 2.08 bits per heavy atom.